The molecule has 3 aromatic carbocycles. The van der Waals surface area contributed by atoms with Gasteiger partial charge in [-0.25, -0.2) is 9.78 Å². The van der Waals surface area contributed by atoms with Crippen LogP contribution in [-0.4, -0.2) is 48.8 Å². The van der Waals surface area contributed by atoms with Gasteiger partial charge in [0.2, 0.25) is 0 Å². The number of aryl methyl sites for hydroxylation is 1. The number of hydrogen-bond donors (Lipinski definition) is 0. The fourth-order valence-electron chi connectivity index (χ4n) is 4.52. The van der Waals surface area contributed by atoms with Crippen LogP contribution in [0.15, 0.2) is 58.4 Å². The summed E-state index contributed by atoms with van der Waals surface area (Å²) in [6.07, 6.45) is 1.43. The summed E-state index contributed by atoms with van der Waals surface area (Å²) in [5, 5.41) is 5.35. The molecule has 0 N–H and O–H groups in total. The molecule has 0 saturated carbocycles. The molecule has 0 aliphatic rings. The predicted molar refractivity (Wildman–Crippen MR) is 165 cm³/mol. The molecular formula is C32H34ClN3O6. The summed E-state index contributed by atoms with van der Waals surface area (Å²) in [4.78, 5) is 30.7. The molecule has 0 amide bonds. The Bertz CT molecular complexity index is 1700. The number of fused-ring (bicyclic) bond motifs is 1. The zero-order valence-corrected chi connectivity index (χ0v) is 25.3. The third-order valence-electron chi connectivity index (χ3n) is 6.49. The molecule has 0 aliphatic heterocycles. The molecule has 4 rings (SSSR count). The van der Waals surface area contributed by atoms with Crippen LogP contribution in [0.25, 0.3) is 22.3 Å². The maximum atomic E-state index is 13.8. The number of carbonyl (C=O) groups is 1. The fraction of sp³-hybridized carbons (Fsp3) is 0.312. The summed E-state index contributed by atoms with van der Waals surface area (Å²) < 4.78 is 23.4. The van der Waals surface area contributed by atoms with Crippen LogP contribution >= 0.6 is 11.6 Å². The second kappa shape index (κ2) is 13.5. The molecular weight excluding hydrogens is 558 g/mol. The second-order valence-corrected chi connectivity index (χ2v) is 10.2. The largest absolute Gasteiger partial charge is 0.494 e. The van der Waals surface area contributed by atoms with Gasteiger partial charge in [0, 0.05) is 22.2 Å². The van der Waals surface area contributed by atoms with Gasteiger partial charge in [0.15, 0.2) is 23.9 Å². The number of rotatable bonds is 11. The Balaban J connectivity index is 1.93. The van der Waals surface area contributed by atoms with Gasteiger partial charge in [-0.2, -0.15) is 9.78 Å². The molecule has 0 fully saturated rings. The number of hydrogen-bond acceptors (Lipinski definition) is 8. The van der Waals surface area contributed by atoms with Gasteiger partial charge in [-0.1, -0.05) is 37.6 Å². The Morgan fingerprint density at radius 3 is 2.52 bits per heavy atom. The summed E-state index contributed by atoms with van der Waals surface area (Å²) >= 11 is 6.36. The van der Waals surface area contributed by atoms with Gasteiger partial charge in [0.05, 0.1) is 37.4 Å². The highest BCUT2D eigenvalue weighted by Crippen LogP contribution is 2.36. The van der Waals surface area contributed by atoms with Crippen molar-refractivity contribution in [3.63, 3.8) is 0 Å². The lowest BCUT2D eigenvalue weighted by molar-refractivity contribution is -0.145. The molecule has 1 aromatic heterocycles. The van der Waals surface area contributed by atoms with E-state index < -0.39 is 5.97 Å². The first-order chi connectivity index (χ1) is 20.2. The predicted octanol–water partition coefficient (Wildman–Crippen LogP) is 6.38. The first kappa shape index (κ1) is 30.6. The third kappa shape index (κ3) is 6.57. The van der Waals surface area contributed by atoms with Gasteiger partial charge in [0.25, 0.3) is 5.56 Å². The molecule has 0 unspecified atom stereocenters. The van der Waals surface area contributed by atoms with Gasteiger partial charge in [0.1, 0.15) is 5.75 Å². The van der Waals surface area contributed by atoms with Crippen LogP contribution in [0.3, 0.4) is 0 Å². The molecule has 9 nitrogen and oxygen atoms in total. The topological polar surface area (TPSA) is 101 Å². The molecule has 0 bridgehead atoms. The fourth-order valence-corrected chi connectivity index (χ4v) is 4.74. The van der Waals surface area contributed by atoms with E-state index >= 15 is 0 Å². The van der Waals surface area contributed by atoms with Crippen molar-refractivity contribution >= 4 is 34.7 Å². The van der Waals surface area contributed by atoms with E-state index in [9.17, 15) is 9.59 Å². The summed E-state index contributed by atoms with van der Waals surface area (Å²) in [5.41, 5.74) is 3.19. The monoisotopic (exact) mass is 591 g/mol. The van der Waals surface area contributed by atoms with Crippen molar-refractivity contribution in [2.24, 2.45) is 5.10 Å². The molecule has 0 spiro atoms. The van der Waals surface area contributed by atoms with E-state index in [-0.39, 0.29) is 30.4 Å². The molecule has 0 saturated heterocycles. The van der Waals surface area contributed by atoms with Crippen molar-refractivity contribution in [2.75, 3.05) is 26.9 Å². The van der Waals surface area contributed by atoms with E-state index in [1.165, 1.54) is 18.0 Å². The zero-order chi connectivity index (χ0) is 30.4. The molecule has 220 valence electrons. The van der Waals surface area contributed by atoms with Gasteiger partial charge in [-0.05, 0) is 68.1 Å². The van der Waals surface area contributed by atoms with E-state index in [2.05, 4.69) is 18.9 Å². The van der Waals surface area contributed by atoms with E-state index in [1.807, 2.05) is 32.0 Å². The Labute approximate surface area is 249 Å². The third-order valence-corrected chi connectivity index (χ3v) is 6.71. The van der Waals surface area contributed by atoms with Crippen molar-refractivity contribution in [3.05, 3.63) is 80.6 Å². The minimum absolute atomic E-state index is 0.160. The van der Waals surface area contributed by atoms with Crippen LogP contribution in [0, 0.1) is 6.92 Å². The molecule has 10 heteroatoms. The lowest BCUT2D eigenvalue weighted by atomic mass is 9.96. The molecule has 0 aliphatic carbocycles. The summed E-state index contributed by atoms with van der Waals surface area (Å²) in [6, 6.07) is 14.3. The summed E-state index contributed by atoms with van der Waals surface area (Å²) in [5.74, 6) is 1.29. The smallest absolute Gasteiger partial charge is 0.344 e. The molecule has 42 heavy (non-hydrogen) atoms. The SMILES string of the molecule is CCOC(=O)COc1c(C=Nn2c(-c3cc(C(C)C)c(OCC)cc3C)nc3ccccc3c2=O)cc(Cl)cc1OC. The Hall–Kier alpha value is -4.37. The molecule has 0 radical (unpaired) electrons. The van der Waals surface area contributed by atoms with Gasteiger partial charge in [-0.15, -0.1) is 0 Å². The number of carbonyl (C=O) groups excluding carboxylic acids is 1. The van der Waals surface area contributed by atoms with Crippen LogP contribution in [0.5, 0.6) is 17.2 Å². The maximum Gasteiger partial charge on any atom is 0.344 e. The Morgan fingerprint density at radius 2 is 1.83 bits per heavy atom. The van der Waals surface area contributed by atoms with Gasteiger partial charge in [-0.3, -0.25) is 4.79 Å². The minimum Gasteiger partial charge on any atom is -0.494 e. The van der Waals surface area contributed by atoms with Crippen molar-refractivity contribution < 1.29 is 23.7 Å². The minimum atomic E-state index is -0.540. The second-order valence-electron chi connectivity index (χ2n) is 9.73. The van der Waals surface area contributed by atoms with E-state index in [1.54, 1.807) is 37.3 Å². The lowest BCUT2D eigenvalue weighted by Gasteiger charge is -2.18. The number of methoxy groups -OCH3 is 1. The average Bonchev–Trinajstić information content (AvgIpc) is 2.96. The van der Waals surface area contributed by atoms with Crippen LogP contribution in [0.2, 0.25) is 5.02 Å². The highest BCUT2D eigenvalue weighted by molar-refractivity contribution is 6.31. The molecule has 4 aromatic rings. The Kier molecular flexibility index (Phi) is 9.85. The van der Waals surface area contributed by atoms with Crippen molar-refractivity contribution in [1.29, 1.82) is 0 Å². The van der Waals surface area contributed by atoms with Gasteiger partial charge >= 0.3 is 5.97 Å². The number of benzene rings is 3. The van der Waals surface area contributed by atoms with Crippen molar-refractivity contribution in [3.8, 4) is 28.6 Å². The highest BCUT2D eigenvalue weighted by atomic mass is 35.5. The standard InChI is InChI=1S/C32H34ClN3O6/c1-7-40-27-13-20(5)25(16-24(27)19(3)4)31-35-26-12-10-9-11-23(26)32(38)36(31)34-17-21-14-22(33)15-28(39-6)30(21)42-18-29(37)41-8-2/h9-17,19H,7-8,18H2,1-6H3. The number of nitrogens with zero attached hydrogens (tertiary/aromatic N) is 3. The number of halogens is 1. The maximum absolute atomic E-state index is 13.8. The zero-order valence-electron chi connectivity index (χ0n) is 24.6. The van der Waals surface area contributed by atoms with Gasteiger partial charge < -0.3 is 18.9 Å². The van der Waals surface area contributed by atoms with E-state index in [4.69, 9.17) is 35.5 Å². The van der Waals surface area contributed by atoms with E-state index in [0.717, 1.165) is 22.4 Å². The van der Waals surface area contributed by atoms with Crippen molar-refractivity contribution in [1.82, 2.24) is 9.66 Å². The summed E-state index contributed by atoms with van der Waals surface area (Å²) in [7, 11) is 1.46. The van der Waals surface area contributed by atoms with Crippen LogP contribution < -0.4 is 19.8 Å². The lowest BCUT2D eigenvalue weighted by Crippen LogP contribution is -2.21. The quantitative estimate of drug-likeness (QED) is 0.147. The van der Waals surface area contributed by atoms with Crippen molar-refractivity contribution in [2.45, 2.75) is 40.5 Å². The highest BCUT2D eigenvalue weighted by Gasteiger charge is 2.19. The van der Waals surface area contributed by atoms with E-state index in [0.29, 0.717) is 39.7 Å². The number of para-hydroxylation sites is 1. The number of aromatic nitrogens is 2. The Morgan fingerprint density at radius 1 is 1.07 bits per heavy atom. The van der Waals surface area contributed by atoms with Crippen LogP contribution in [0.4, 0.5) is 0 Å². The first-order valence-electron chi connectivity index (χ1n) is 13.7. The normalized spacial score (nSPS) is 11.3. The average molecular weight is 592 g/mol. The van der Waals surface area contributed by atoms with Crippen LogP contribution in [-0.2, 0) is 9.53 Å². The molecule has 0 atom stereocenters. The molecule has 1 heterocycles. The number of ether oxygens (including phenoxy) is 4. The number of esters is 1. The first-order valence-corrected chi connectivity index (χ1v) is 14.1. The van der Waals surface area contributed by atoms with Crippen LogP contribution in [0.1, 0.15) is 50.3 Å². The summed E-state index contributed by atoms with van der Waals surface area (Å²) in [6.45, 7) is 10.2.